The van der Waals surface area contributed by atoms with Crippen molar-refractivity contribution in [1.82, 2.24) is 5.32 Å². The number of nitrogens with one attached hydrogen (secondary N) is 1. The summed E-state index contributed by atoms with van der Waals surface area (Å²) in [6.07, 6.45) is 11.5. The third kappa shape index (κ3) is 7.98. The third-order valence-electron chi connectivity index (χ3n) is 4.35. The normalized spacial score (nSPS) is 15.8. The van der Waals surface area contributed by atoms with Gasteiger partial charge in [0, 0.05) is 19.8 Å². The zero-order valence-corrected chi connectivity index (χ0v) is 14.0. The summed E-state index contributed by atoms with van der Waals surface area (Å²) in [5.74, 6) is 0.625. The molecule has 0 bridgehead atoms. The van der Waals surface area contributed by atoms with Gasteiger partial charge in [-0.2, -0.15) is 0 Å². The molecule has 0 saturated carbocycles. The Bertz CT molecular complexity index is 464. The number of carbonyl (C=O) groups is 1. The standard InChI is InChI=1S/C20H29NO2/c22-20(21-17-19-13-15-23-16-14-19)12-8-3-1-2-5-9-18-10-6-4-7-11-18/h4,6-8,10-12,19H,1-3,5,9,13-17H2,(H,21,22)/b12-8+. The first-order chi connectivity index (χ1) is 11.3. The van der Waals surface area contributed by atoms with Crippen molar-refractivity contribution in [3.8, 4) is 0 Å². The summed E-state index contributed by atoms with van der Waals surface area (Å²) in [6, 6.07) is 10.6. The van der Waals surface area contributed by atoms with Crippen LogP contribution < -0.4 is 5.32 Å². The molecule has 0 radical (unpaired) electrons. The van der Waals surface area contributed by atoms with Crippen LogP contribution in [-0.4, -0.2) is 25.7 Å². The number of allylic oxidation sites excluding steroid dienone is 1. The first-order valence-corrected chi connectivity index (χ1v) is 8.90. The largest absolute Gasteiger partial charge is 0.381 e. The Morgan fingerprint density at radius 1 is 1.13 bits per heavy atom. The highest BCUT2D eigenvalue weighted by Gasteiger charge is 2.13. The molecule has 1 heterocycles. The van der Waals surface area contributed by atoms with Crippen molar-refractivity contribution in [2.24, 2.45) is 5.92 Å². The third-order valence-corrected chi connectivity index (χ3v) is 4.35. The highest BCUT2D eigenvalue weighted by atomic mass is 16.5. The fourth-order valence-corrected chi connectivity index (χ4v) is 2.86. The Hall–Kier alpha value is -1.61. The number of benzene rings is 1. The van der Waals surface area contributed by atoms with E-state index in [0.29, 0.717) is 5.92 Å². The number of carbonyl (C=O) groups excluding carboxylic acids is 1. The average Bonchev–Trinajstić information content (AvgIpc) is 2.61. The molecule has 1 aromatic rings. The molecule has 3 heteroatoms. The van der Waals surface area contributed by atoms with E-state index in [-0.39, 0.29) is 5.91 Å². The van der Waals surface area contributed by atoms with Crippen LogP contribution in [0.25, 0.3) is 0 Å². The van der Waals surface area contributed by atoms with E-state index in [9.17, 15) is 4.79 Å². The second kappa shape index (κ2) is 11.0. The highest BCUT2D eigenvalue weighted by Crippen LogP contribution is 2.13. The van der Waals surface area contributed by atoms with Crippen LogP contribution in [0.15, 0.2) is 42.5 Å². The SMILES string of the molecule is O=C(/C=C/CCCCCc1ccccc1)NCC1CCOCC1. The van der Waals surface area contributed by atoms with Gasteiger partial charge in [-0.3, -0.25) is 4.79 Å². The molecule has 1 amide bonds. The summed E-state index contributed by atoms with van der Waals surface area (Å²) >= 11 is 0. The lowest BCUT2D eigenvalue weighted by Crippen LogP contribution is -2.31. The van der Waals surface area contributed by atoms with Crippen LogP contribution >= 0.6 is 0 Å². The van der Waals surface area contributed by atoms with Crippen LogP contribution in [0.5, 0.6) is 0 Å². The molecule has 126 valence electrons. The molecule has 0 aromatic heterocycles. The van der Waals surface area contributed by atoms with E-state index in [2.05, 4.69) is 35.6 Å². The summed E-state index contributed by atoms with van der Waals surface area (Å²) in [4.78, 5) is 11.7. The Balaban J connectivity index is 1.46. The van der Waals surface area contributed by atoms with E-state index in [0.717, 1.165) is 51.9 Å². The number of rotatable bonds is 9. The van der Waals surface area contributed by atoms with Gasteiger partial charge in [0.25, 0.3) is 0 Å². The number of amides is 1. The first-order valence-electron chi connectivity index (χ1n) is 8.90. The fourth-order valence-electron chi connectivity index (χ4n) is 2.86. The average molecular weight is 315 g/mol. The van der Waals surface area contributed by atoms with Crippen LogP contribution in [0.2, 0.25) is 0 Å². The predicted molar refractivity (Wildman–Crippen MR) is 94.3 cm³/mol. The maximum Gasteiger partial charge on any atom is 0.243 e. The van der Waals surface area contributed by atoms with Gasteiger partial charge in [-0.05, 0) is 56.1 Å². The van der Waals surface area contributed by atoms with E-state index in [1.165, 1.54) is 18.4 Å². The summed E-state index contributed by atoms with van der Waals surface area (Å²) in [6.45, 7) is 2.45. The van der Waals surface area contributed by atoms with Crippen LogP contribution in [0, 0.1) is 5.92 Å². The number of hydrogen-bond acceptors (Lipinski definition) is 2. The van der Waals surface area contributed by atoms with Crippen molar-refractivity contribution in [1.29, 1.82) is 0 Å². The van der Waals surface area contributed by atoms with E-state index < -0.39 is 0 Å². The molecule has 1 N–H and O–H groups in total. The summed E-state index contributed by atoms with van der Waals surface area (Å²) in [5, 5.41) is 2.99. The predicted octanol–water partition coefficient (Wildman–Crippen LogP) is 3.89. The van der Waals surface area contributed by atoms with Gasteiger partial charge in [-0.1, -0.05) is 42.8 Å². The van der Waals surface area contributed by atoms with Gasteiger partial charge >= 0.3 is 0 Å². The minimum Gasteiger partial charge on any atom is -0.381 e. The van der Waals surface area contributed by atoms with Crippen molar-refractivity contribution in [2.75, 3.05) is 19.8 Å². The van der Waals surface area contributed by atoms with Gasteiger partial charge in [0.05, 0.1) is 0 Å². The Kier molecular flexibility index (Phi) is 8.49. The summed E-state index contributed by atoms with van der Waals surface area (Å²) < 4.78 is 5.32. The minimum absolute atomic E-state index is 0.0424. The first kappa shape index (κ1) is 17.7. The van der Waals surface area contributed by atoms with Gasteiger partial charge in [0.2, 0.25) is 5.91 Å². The fraction of sp³-hybridized carbons (Fsp3) is 0.550. The number of ether oxygens (including phenoxy) is 1. The van der Waals surface area contributed by atoms with E-state index >= 15 is 0 Å². The smallest absolute Gasteiger partial charge is 0.243 e. The molecule has 0 unspecified atom stereocenters. The van der Waals surface area contributed by atoms with Gasteiger partial charge in [0.1, 0.15) is 0 Å². The molecule has 1 aliphatic rings. The lowest BCUT2D eigenvalue weighted by Gasteiger charge is -2.21. The molecule has 0 spiro atoms. The molecule has 3 nitrogen and oxygen atoms in total. The van der Waals surface area contributed by atoms with E-state index in [4.69, 9.17) is 4.74 Å². The molecule has 0 aliphatic carbocycles. The lowest BCUT2D eigenvalue weighted by molar-refractivity contribution is -0.116. The van der Waals surface area contributed by atoms with Crippen molar-refractivity contribution in [3.63, 3.8) is 0 Å². The lowest BCUT2D eigenvalue weighted by atomic mass is 10.0. The zero-order chi connectivity index (χ0) is 16.2. The van der Waals surface area contributed by atoms with Crippen LogP contribution in [-0.2, 0) is 16.0 Å². The quantitative estimate of drug-likeness (QED) is 0.554. The topological polar surface area (TPSA) is 38.3 Å². The van der Waals surface area contributed by atoms with Crippen molar-refractivity contribution in [3.05, 3.63) is 48.0 Å². The molecule has 1 saturated heterocycles. The number of aryl methyl sites for hydroxylation is 1. The molecule has 1 aromatic carbocycles. The van der Waals surface area contributed by atoms with E-state index in [1.54, 1.807) is 6.08 Å². The number of unbranched alkanes of at least 4 members (excludes halogenated alkanes) is 3. The van der Waals surface area contributed by atoms with E-state index in [1.807, 2.05) is 6.08 Å². The van der Waals surface area contributed by atoms with Crippen LogP contribution in [0.4, 0.5) is 0 Å². The number of hydrogen-bond donors (Lipinski definition) is 1. The summed E-state index contributed by atoms with van der Waals surface area (Å²) in [7, 11) is 0. The molecule has 23 heavy (non-hydrogen) atoms. The molecule has 1 aliphatic heterocycles. The molecule has 1 fully saturated rings. The monoisotopic (exact) mass is 315 g/mol. The maximum atomic E-state index is 11.7. The molecular formula is C20H29NO2. The van der Waals surface area contributed by atoms with Gasteiger partial charge in [-0.25, -0.2) is 0 Å². The van der Waals surface area contributed by atoms with Crippen molar-refractivity contribution in [2.45, 2.75) is 44.9 Å². The molecule has 2 rings (SSSR count). The zero-order valence-electron chi connectivity index (χ0n) is 14.0. The minimum atomic E-state index is 0.0424. The Morgan fingerprint density at radius 3 is 2.70 bits per heavy atom. The van der Waals surface area contributed by atoms with Crippen LogP contribution in [0.3, 0.4) is 0 Å². The highest BCUT2D eigenvalue weighted by molar-refractivity contribution is 5.87. The van der Waals surface area contributed by atoms with Gasteiger partial charge < -0.3 is 10.1 Å². The molecular weight excluding hydrogens is 286 g/mol. The van der Waals surface area contributed by atoms with Crippen molar-refractivity contribution < 1.29 is 9.53 Å². The second-order valence-corrected chi connectivity index (χ2v) is 6.29. The Labute approximate surface area is 140 Å². The Morgan fingerprint density at radius 2 is 1.91 bits per heavy atom. The van der Waals surface area contributed by atoms with Crippen molar-refractivity contribution >= 4 is 5.91 Å². The molecule has 0 atom stereocenters. The second-order valence-electron chi connectivity index (χ2n) is 6.29. The maximum absolute atomic E-state index is 11.7. The van der Waals surface area contributed by atoms with Crippen LogP contribution in [0.1, 0.15) is 44.1 Å². The van der Waals surface area contributed by atoms with Gasteiger partial charge in [-0.15, -0.1) is 0 Å². The summed E-state index contributed by atoms with van der Waals surface area (Å²) in [5.41, 5.74) is 1.41. The van der Waals surface area contributed by atoms with Gasteiger partial charge in [0.15, 0.2) is 0 Å².